The Balaban J connectivity index is 1.39. The van der Waals surface area contributed by atoms with Gasteiger partial charge in [0.2, 0.25) is 5.88 Å². The van der Waals surface area contributed by atoms with Gasteiger partial charge in [-0.2, -0.15) is 0 Å². The van der Waals surface area contributed by atoms with Crippen molar-refractivity contribution in [1.82, 2.24) is 15.2 Å². The molecule has 0 spiro atoms. The fourth-order valence-corrected chi connectivity index (χ4v) is 5.65. The Hall–Kier alpha value is -4.12. The number of nitrogens with zero attached hydrogens (tertiary/aromatic N) is 2. The summed E-state index contributed by atoms with van der Waals surface area (Å²) in [6.07, 6.45) is 2.44. The van der Waals surface area contributed by atoms with Crippen molar-refractivity contribution in [2.24, 2.45) is 0 Å². The maximum atomic E-state index is 13.7. The van der Waals surface area contributed by atoms with Crippen LogP contribution >= 0.6 is 11.3 Å². The third-order valence-corrected chi connectivity index (χ3v) is 7.83. The summed E-state index contributed by atoms with van der Waals surface area (Å²) in [7, 11) is 0. The molecule has 1 aliphatic heterocycles. The number of aromatic nitrogens is 1. The molecule has 42 heavy (non-hydrogen) atoms. The highest BCUT2D eigenvalue weighted by Gasteiger charge is 2.29. The van der Waals surface area contributed by atoms with Crippen molar-refractivity contribution in [1.29, 1.82) is 0 Å². The fourth-order valence-electron chi connectivity index (χ4n) is 4.68. The van der Waals surface area contributed by atoms with Crippen LogP contribution < -0.4 is 5.32 Å². The van der Waals surface area contributed by atoms with E-state index >= 15 is 0 Å². The van der Waals surface area contributed by atoms with Gasteiger partial charge in [-0.3, -0.25) is 14.9 Å². The molecule has 1 aromatic heterocycles. The average molecular weight is 598 g/mol. The van der Waals surface area contributed by atoms with E-state index < -0.39 is 17.8 Å². The number of thiazole rings is 1. The van der Waals surface area contributed by atoms with Crippen molar-refractivity contribution < 1.29 is 32.6 Å². The second kappa shape index (κ2) is 13.7. The fraction of sp³-hybridized carbons (Fsp3) is 0.355. The Morgan fingerprint density at radius 3 is 2.36 bits per heavy atom. The van der Waals surface area contributed by atoms with E-state index in [9.17, 15) is 23.2 Å². The van der Waals surface area contributed by atoms with Gasteiger partial charge in [-0.1, -0.05) is 42.5 Å². The van der Waals surface area contributed by atoms with Crippen LogP contribution in [0.15, 0.2) is 65.9 Å². The Labute approximate surface area is 247 Å². The number of ether oxygens (including phenoxy) is 2. The highest BCUT2D eigenvalue weighted by molar-refractivity contribution is 7.09. The van der Waals surface area contributed by atoms with Crippen LogP contribution in [0.3, 0.4) is 0 Å². The lowest BCUT2D eigenvalue weighted by Crippen LogP contribution is -2.38. The second-order valence-electron chi connectivity index (χ2n) is 9.80. The molecule has 8 nitrogen and oxygen atoms in total. The molecular formula is C31H33F2N3O5S. The SMILES string of the molecule is CCOC(=O)/C=C(\NC(=O)c1csc(C2CCN(C(=O)c3ccccc3-c3ccc(C(C)(F)F)cc3)CC2)n1)OCC. The molecule has 1 fully saturated rings. The second-order valence-corrected chi connectivity index (χ2v) is 10.7. The summed E-state index contributed by atoms with van der Waals surface area (Å²) in [6, 6.07) is 13.2. The lowest BCUT2D eigenvalue weighted by atomic mass is 9.94. The monoisotopic (exact) mass is 597 g/mol. The van der Waals surface area contributed by atoms with Crippen molar-refractivity contribution in [2.75, 3.05) is 26.3 Å². The molecule has 1 saturated heterocycles. The summed E-state index contributed by atoms with van der Waals surface area (Å²) >= 11 is 1.37. The van der Waals surface area contributed by atoms with E-state index in [1.54, 1.807) is 48.4 Å². The van der Waals surface area contributed by atoms with Crippen LogP contribution in [0, 0.1) is 0 Å². The zero-order valence-corrected chi connectivity index (χ0v) is 24.5. The Morgan fingerprint density at radius 1 is 1.05 bits per heavy atom. The van der Waals surface area contributed by atoms with Crippen molar-refractivity contribution in [3.63, 3.8) is 0 Å². The number of esters is 1. The molecule has 0 unspecified atom stereocenters. The number of carbonyl (C=O) groups is 3. The number of rotatable bonds is 10. The van der Waals surface area contributed by atoms with Crippen LogP contribution in [0.1, 0.15) is 70.9 Å². The summed E-state index contributed by atoms with van der Waals surface area (Å²) in [5.41, 5.74) is 2.03. The lowest BCUT2D eigenvalue weighted by molar-refractivity contribution is -0.137. The molecule has 2 aromatic carbocycles. The van der Waals surface area contributed by atoms with Gasteiger partial charge < -0.3 is 14.4 Å². The van der Waals surface area contributed by atoms with Gasteiger partial charge in [0.1, 0.15) is 5.69 Å². The third kappa shape index (κ3) is 7.58. The molecule has 4 rings (SSSR count). The van der Waals surface area contributed by atoms with E-state index in [1.165, 1.54) is 23.5 Å². The number of hydrogen-bond acceptors (Lipinski definition) is 7. The zero-order chi connectivity index (χ0) is 30.3. The quantitative estimate of drug-likeness (QED) is 0.172. The molecule has 0 radical (unpaired) electrons. The molecule has 222 valence electrons. The van der Waals surface area contributed by atoms with Crippen LogP contribution in [0.4, 0.5) is 8.78 Å². The first kappa shape index (κ1) is 30.8. The van der Waals surface area contributed by atoms with Gasteiger partial charge in [0.15, 0.2) is 0 Å². The topological polar surface area (TPSA) is 97.8 Å². The van der Waals surface area contributed by atoms with E-state index in [0.717, 1.165) is 18.0 Å². The Bertz CT molecular complexity index is 1440. The first-order chi connectivity index (χ1) is 20.1. The summed E-state index contributed by atoms with van der Waals surface area (Å²) in [4.78, 5) is 44.3. The van der Waals surface area contributed by atoms with Crippen LogP contribution in [0.25, 0.3) is 11.1 Å². The Kier molecular flexibility index (Phi) is 10.1. The molecule has 1 aliphatic rings. The molecule has 0 aliphatic carbocycles. The van der Waals surface area contributed by atoms with E-state index in [0.29, 0.717) is 42.6 Å². The standard InChI is InChI=1S/C31H33F2N3O5S/c1-4-40-26(18-27(37)41-5-2)35-28(38)25-19-42-29(34-25)21-14-16-36(17-15-21)30(39)24-9-7-6-8-23(24)20-10-12-22(13-11-20)31(3,32)33/h6-13,18-19,21H,4-5,14-17H2,1-3H3,(H,35,38)/b26-18+. The van der Waals surface area contributed by atoms with Crippen LogP contribution in [-0.2, 0) is 20.2 Å². The van der Waals surface area contributed by atoms with Gasteiger partial charge in [0.25, 0.3) is 17.7 Å². The molecule has 0 saturated carbocycles. The highest BCUT2D eigenvalue weighted by atomic mass is 32.1. The van der Waals surface area contributed by atoms with E-state index in [2.05, 4.69) is 10.3 Å². The summed E-state index contributed by atoms with van der Waals surface area (Å²) in [5.74, 6) is -4.11. The van der Waals surface area contributed by atoms with Crippen LogP contribution in [0.5, 0.6) is 0 Å². The molecule has 0 bridgehead atoms. The van der Waals surface area contributed by atoms with Gasteiger partial charge in [0, 0.05) is 42.4 Å². The number of halogens is 2. The van der Waals surface area contributed by atoms with Crippen molar-refractivity contribution in [2.45, 2.75) is 45.5 Å². The zero-order valence-electron chi connectivity index (χ0n) is 23.7. The third-order valence-electron chi connectivity index (χ3n) is 6.82. The maximum absolute atomic E-state index is 13.7. The molecule has 2 amide bonds. The number of piperidine rings is 1. The molecule has 0 atom stereocenters. The summed E-state index contributed by atoms with van der Waals surface area (Å²) in [5, 5.41) is 5.02. The van der Waals surface area contributed by atoms with Gasteiger partial charge in [0.05, 0.1) is 24.3 Å². The first-order valence-corrected chi connectivity index (χ1v) is 14.6. The van der Waals surface area contributed by atoms with E-state index in [-0.39, 0.29) is 42.2 Å². The molecule has 2 heterocycles. The van der Waals surface area contributed by atoms with Gasteiger partial charge >= 0.3 is 5.97 Å². The molecule has 1 N–H and O–H groups in total. The van der Waals surface area contributed by atoms with Crippen molar-refractivity contribution in [3.05, 3.63) is 87.7 Å². The molecular weight excluding hydrogens is 564 g/mol. The minimum atomic E-state index is -2.94. The summed E-state index contributed by atoms with van der Waals surface area (Å²) < 4.78 is 37.6. The molecule has 11 heteroatoms. The van der Waals surface area contributed by atoms with Crippen molar-refractivity contribution in [3.8, 4) is 11.1 Å². The smallest absolute Gasteiger partial charge is 0.336 e. The van der Waals surface area contributed by atoms with Crippen LogP contribution in [-0.4, -0.2) is 54.0 Å². The predicted molar refractivity (Wildman–Crippen MR) is 155 cm³/mol. The average Bonchev–Trinajstić information content (AvgIpc) is 3.47. The predicted octanol–water partition coefficient (Wildman–Crippen LogP) is 6.11. The Morgan fingerprint density at radius 2 is 1.71 bits per heavy atom. The number of amides is 2. The number of carbonyl (C=O) groups excluding carboxylic acids is 3. The van der Waals surface area contributed by atoms with E-state index in [4.69, 9.17) is 9.47 Å². The maximum Gasteiger partial charge on any atom is 0.336 e. The number of alkyl halides is 2. The summed E-state index contributed by atoms with van der Waals surface area (Å²) in [6.45, 7) is 5.74. The van der Waals surface area contributed by atoms with Crippen LogP contribution in [0.2, 0.25) is 0 Å². The minimum Gasteiger partial charge on any atom is -0.479 e. The largest absolute Gasteiger partial charge is 0.479 e. The van der Waals surface area contributed by atoms with Gasteiger partial charge in [-0.25, -0.2) is 18.6 Å². The number of likely N-dealkylation sites (tertiary alicyclic amines) is 1. The first-order valence-electron chi connectivity index (χ1n) is 13.8. The van der Waals surface area contributed by atoms with Gasteiger partial charge in [-0.15, -0.1) is 11.3 Å². The van der Waals surface area contributed by atoms with E-state index in [1.807, 2.05) is 12.1 Å². The highest BCUT2D eigenvalue weighted by Crippen LogP contribution is 2.33. The molecule has 3 aromatic rings. The van der Waals surface area contributed by atoms with Crippen molar-refractivity contribution >= 4 is 29.1 Å². The normalized spacial score (nSPS) is 14.4. The number of nitrogens with one attached hydrogen (secondary N) is 1. The number of hydrogen-bond donors (Lipinski definition) is 1. The lowest BCUT2D eigenvalue weighted by Gasteiger charge is -2.31. The minimum absolute atomic E-state index is 0.0122. The number of benzene rings is 2. The van der Waals surface area contributed by atoms with Gasteiger partial charge in [-0.05, 0) is 43.9 Å².